The summed E-state index contributed by atoms with van der Waals surface area (Å²) >= 11 is 1.15. The first-order valence-electron chi connectivity index (χ1n) is 7.57. The smallest absolute Gasteiger partial charge is 0.408 e. The number of amides is 1. The van der Waals surface area contributed by atoms with Gasteiger partial charge in [0, 0.05) is 25.8 Å². The third-order valence-corrected chi connectivity index (χ3v) is 4.96. The van der Waals surface area contributed by atoms with Crippen molar-refractivity contribution in [3.63, 3.8) is 0 Å². The molecule has 24 heavy (non-hydrogen) atoms. The summed E-state index contributed by atoms with van der Waals surface area (Å²) in [6.07, 6.45) is 0.730. The topological polar surface area (TPSA) is 91.2 Å². The highest BCUT2D eigenvalue weighted by molar-refractivity contribution is 7.00. The molecule has 0 spiro atoms. The zero-order valence-corrected chi connectivity index (χ0v) is 13.5. The Balaban J connectivity index is 1.97. The van der Waals surface area contributed by atoms with Gasteiger partial charge in [-0.2, -0.15) is 8.75 Å². The molecule has 1 fully saturated rings. The highest BCUT2D eigenvalue weighted by Crippen LogP contribution is 2.37. The lowest BCUT2D eigenvalue weighted by atomic mass is 9.82. The number of piperazine rings is 1. The van der Waals surface area contributed by atoms with E-state index >= 15 is 0 Å². The molecule has 0 aliphatic carbocycles. The Kier molecular flexibility index (Phi) is 3.62. The maximum absolute atomic E-state index is 12.0. The van der Waals surface area contributed by atoms with Crippen molar-refractivity contribution in [2.75, 3.05) is 19.6 Å². The highest BCUT2D eigenvalue weighted by atomic mass is 32.1. The van der Waals surface area contributed by atoms with Crippen LogP contribution in [0.15, 0.2) is 42.6 Å². The predicted molar refractivity (Wildman–Crippen MR) is 90.0 cm³/mol. The molecule has 2 aromatic heterocycles. The fraction of sp³-hybridized carbons (Fsp3) is 0.250. The first kappa shape index (κ1) is 15.0. The van der Waals surface area contributed by atoms with Crippen LogP contribution in [0.25, 0.3) is 11.0 Å². The van der Waals surface area contributed by atoms with Crippen molar-refractivity contribution in [2.24, 2.45) is 0 Å². The zero-order chi connectivity index (χ0) is 16.6. The number of rotatable bonds is 2. The summed E-state index contributed by atoms with van der Waals surface area (Å²) in [4.78, 5) is 17.9. The van der Waals surface area contributed by atoms with E-state index in [0.29, 0.717) is 25.3 Å². The predicted octanol–water partition coefficient (Wildman–Crippen LogP) is 1.91. The standard InChI is InChI=1S/C16H15N5O2S/c22-15(23)21-8-7-17-10-16(21,14-3-1-2-6-18-14)11-4-5-12-13(9-11)20-24-19-12/h1-6,9,17H,7-8,10H2,(H,22,23). The van der Waals surface area contributed by atoms with Gasteiger partial charge in [-0.3, -0.25) is 9.88 Å². The summed E-state index contributed by atoms with van der Waals surface area (Å²) in [6.45, 7) is 1.46. The molecule has 0 saturated carbocycles. The van der Waals surface area contributed by atoms with E-state index in [-0.39, 0.29) is 0 Å². The van der Waals surface area contributed by atoms with Crippen LogP contribution in [0.5, 0.6) is 0 Å². The fourth-order valence-corrected chi connectivity index (χ4v) is 3.80. The molecule has 1 saturated heterocycles. The molecule has 0 bridgehead atoms. The number of pyridine rings is 1. The Labute approximate surface area is 142 Å². The van der Waals surface area contributed by atoms with Gasteiger partial charge >= 0.3 is 6.09 Å². The monoisotopic (exact) mass is 341 g/mol. The molecule has 8 heteroatoms. The largest absolute Gasteiger partial charge is 0.465 e. The lowest BCUT2D eigenvalue weighted by Gasteiger charge is -2.45. The van der Waals surface area contributed by atoms with Crippen LogP contribution in [0.2, 0.25) is 0 Å². The second-order valence-corrected chi connectivity index (χ2v) is 6.18. The lowest BCUT2D eigenvalue weighted by Crippen LogP contribution is -2.61. The van der Waals surface area contributed by atoms with E-state index in [0.717, 1.165) is 28.3 Å². The first-order chi connectivity index (χ1) is 11.7. The third kappa shape index (κ3) is 2.22. The molecule has 1 aliphatic heterocycles. The Morgan fingerprint density at radius 3 is 2.92 bits per heavy atom. The van der Waals surface area contributed by atoms with Gasteiger partial charge in [-0.25, -0.2) is 4.79 Å². The van der Waals surface area contributed by atoms with Gasteiger partial charge in [-0.1, -0.05) is 12.1 Å². The van der Waals surface area contributed by atoms with E-state index in [2.05, 4.69) is 19.0 Å². The number of nitrogens with one attached hydrogen (secondary N) is 1. The van der Waals surface area contributed by atoms with Gasteiger partial charge in [0.1, 0.15) is 16.6 Å². The molecule has 3 aromatic rings. The molecular weight excluding hydrogens is 326 g/mol. The van der Waals surface area contributed by atoms with Crippen LogP contribution in [-0.2, 0) is 5.54 Å². The van der Waals surface area contributed by atoms with Gasteiger partial charge < -0.3 is 10.4 Å². The van der Waals surface area contributed by atoms with Crippen molar-refractivity contribution < 1.29 is 9.90 Å². The summed E-state index contributed by atoms with van der Waals surface area (Å²) in [5.74, 6) is 0. The van der Waals surface area contributed by atoms with E-state index in [1.54, 1.807) is 6.20 Å². The van der Waals surface area contributed by atoms with Gasteiger partial charge in [0.15, 0.2) is 0 Å². The Hall–Kier alpha value is -2.58. The van der Waals surface area contributed by atoms with Crippen LogP contribution in [0.1, 0.15) is 11.3 Å². The van der Waals surface area contributed by atoms with Crippen molar-refractivity contribution in [3.8, 4) is 0 Å². The number of carbonyl (C=O) groups is 1. The molecule has 1 amide bonds. The summed E-state index contributed by atoms with van der Waals surface area (Å²) in [6, 6.07) is 11.3. The molecule has 1 aliphatic rings. The normalized spacial score (nSPS) is 21.1. The van der Waals surface area contributed by atoms with Crippen molar-refractivity contribution >= 4 is 28.9 Å². The number of carboxylic acid groups (broad SMARTS) is 1. The van der Waals surface area contributed by atoms with Gasteiger partial charge in [-0.05, 0) is 29.8 Å². The van der Waals surface area contributed by atoms with Crippen molar-refractivity contribution in [3.05, 3.63) is 53.9 Å². The molecule has 2 N–H and O–H groups in total. The number of aromatic nitrogens is 3. The van der Waals surface area contributed by atoms with Gasteiger partial charge in [0.2, 0.25) is 0 Å². The molecule has 7 nitrogen and oxygen atoms in total. The van der Waals surface area contributed by atoms with Crippen LogP contribution < -0.4 is 5.32 Å². The number of fused-ring (bicyclic) bond motifs is 1. The minimum atomic E-state index is -0.960. The third-order valence-electron chi connectivity index (χ3n) is 4.40. The number of benzene rings is 1. The molecule has 122 valence electrons. The summed E-state index contributed by atoms with van der Waals surface area (Å²) in [5.41, 5.74) is 2.23. The Bertz CT molecular complexity index is 884. The van der Waals surface area contributed by atoms with Crippen molar-refractivity contribution in [1.29, 1.82) is 0 Å². The number of hydrogen-bond acceptors (Lipinski definition) is 6. The van der Waals surface area contributed by atoms with Crippen LogP contribution in [0, 0.1) is 0 Å². The Morgan fingerprint density at radius 2 is 2.12 bits per heavy atom. The average molecular weight is 341 g/mol. The molecule has 3 heterocycles. The van der Waals surface area contributed by atoms with E-state index in [1.165, 1.54) is 4.90 Å². The van der Waals surface area contributed by atoms with Gasteiger partial charge in [0.05, 0.1) is 17.4 Å². The van der Waals surface area contributed by atoms with Crippen molar-refractivity contribution in [1.82, 2.24) is 23.9 Å². The molecule has 1 atom stereocenters. The molecule has 0 radical (unpaired) electrons. The maximum Gasteiger partial charge on any atom is 0.408 e. The quantitative estimate of drug-likeness (QED) is 0.740. The van der Waals surface area contributed by atoms with E-state index in [1.807, 2.05) is 36.4 Å². The first-order valence-corrected chi connectivity index (χ1v) is 8.30. The summed E-state index contributed by atoms with van der Waals surface area (Å²) in [5, 5.41) is 13.1. The molecular formula is C16H15N5O2S. The molecule has 1 aromatic carbocycles. The maximum atomic E-state index is 12.0. The highest BCUT2D eigenvalue weighted by Gasteiger charge is 2.46. The van der Waals surface area contributed by atoms with Gasteiger partial charge in [-0.15, -0.1) is 0 Å². The minimum absolute atomic E-state index is 0.388. The van der Waals surface area contributed by atoms with Crippen molar-refractivity contribution in [2.45, 2.75) is 5.54 Å². The fourth-order valence-electron chi connectivity index (χ4n) is 3.29. The minimum Gasteiger partial charge on any atom is -0.465 e. The zero-order valence-electron chi connectivity index (χ0n) is 12.7. The second-order valence-electron chi connectivity index (χ2n) is 5.65. The lowest BCUT2D eigenvalue weighted by molar-refractivity contribution is 0.0744. The van der Waals surface area contributed by atoms with E-state index in [4.69, 9.17) is 0 Å². The average Bonchev–Trinajstić information content (AvgIpc) is 3.10. The van der Waals surface area contributed by atoms with E-state index < -0.39 is 11.6 Å². The van der Waals surface area contributed by atoms with Gasteiger partial charge in [0.25, 0.3) is 0 Å². The van der Waals surface area contributed by atoms with Crippen LogP contribution in [0.4, 0.5) is 4.79 Å². The summed E-state index contributed by atoms with van der Waals surface area (Å²) < 4.78 is 8.52. The second kappa shape index (κ2) is 5.81. The van der Waals surface area contributed by atoms with Crippen LogP contribution in [0.3, 0.4) is 0 Å². The van der Waals surface area contributed by atoms with Crippen LogP contribution in [-0.4, -0.2) is 49.5 Å². The Morgan fingerprint density at radius 1 is 1.25 bits per heavy atom. The van der Waals surface area contributed by atoms with E-state index in [9.17, 15) is 9.90 Å². The number of hydrogen-bond donors (Lipinski definition) is 2. The summed E-state index contributed by atoms with van der Waals surface area (Å²) in [7, 11) is 0. The SMILES string of the molecule is O=C(O)N1CCNCC1(c1ccc2nsnc2c1)c1ccccn1. The van der Waals surface area contributed by atoms with Crippen LogP contribution >= 0.6 is 11.7 Å². The number of nitrogens with zero attached hydrogens (tertiary/aromatic N) is 4. The molecule has 4 rings (SSSR count). The molecule has 1 unspecified atom stereocenters.